The van der Waals surface area contributed by atoms with Crippen LogP contribution in [-0.2, 0) is 0 Å². The molecule has 0 aliphatic rings. The number of methoxy groups -OCH3 is 1. The van der Waals surface area contributed by atoms with Crippen LogP contribution in [0.25, 0.3) is 0 Å². The summed E-state index contributed by atoms with van der Waals surface area (Å²) < 4.78 is 5.13. The molecule has 102 valence electrons. The van der Waals surface area contributed by atoms with Crippen LogP contribution in [-0.4, -0.2) is 29.5 Å². The highest BCUT2D eigenvalue weighted by atomic mass is 35.5. The number of nitrogens with zero attached hydrogens (tertiary/aromatic N) is 2. The molecule has 0 aliphatic heterocycles. The molecule has 1 aromatic heterocycles. The Kier molecular flexibility index (Phi) is 5.66. The van der Waals surface area contributed by atoms with Gasteiger partial charge in [0, 0.05) is 23.9 Å². The number of hydrogen-bond acceptors (Lipinski definition) is 4. The Morgan fingerprint density at radius 1 is 1.33 bits per heavy atom. The maximum atomic E-state index is 6.08. The molecule has 0 unspecified atom stereocenters. The molecule has 0 atom stereocenters. The molecule has 0 amide bonds. The smallest absolute Gasteiger partial charge is 0.218 e. The van der Waals surface area contributed by atoms with Crippen molar-refractivity contribution in [1.82, 2.24) is 9.97 Å². The van der Waals surface area contributed by atoms with Gasteiger partial charge < -0.3 is 10.1 Å². The van der Waals surface area contributed by atoms with Crippen LogP contribution >= 0.6 is 11.6 Å². The number of halogens is 1. The van der Waals surface area contributed by atoms with Crippen molar-refractivity contribution in [2.24, 2.45) is 5.41 Å². The second-order valence-corrected chi connectivity index (χ2v) is 4.80. The first-order valence-corrected chi connectivity index (χ1v) is 6.82. The van der Waals surface area contributed by atoms with E-state index in [1.807, 2.05) is 6.92 Å². The number of nitrogens with one attached hydrogen (secondary N) is 1. The highest BCUT2D eigenvalue weighted by Gasteiger charge is 2.24. The van der Waals surface area contributed by atoms with Gasteiger partial charge in [0.25, 0.3) is 0 Å². The largest absolute Gasteiger partial charge is 0.481 e. The third kappa shape index (κ3) is 3.73. The van der Waals surface area contributed by atoms with Crippen LogP contribution in [0, 0.1) is 12.3 Å². The first-order chi connectivity index (χ1) is 8.59. The Labute approximate surface area is 114 Å². The summed E-state index contributed by atoms with van der Waals surface area (Å²) in [5.74, 6) is 2.71. The van der Waals surface area contributed by atoms with Crippen molar-refractivity contribution in [2.45, 2.75) is 33.6 Å². The van der Waals surface area contributed by atoms with E-state index in [1.54, 1.807) is 13.2 Å². The van der Waals surface area contributed by atoms with E-state index in [0.29, 0.717) is 17.6 Å². The Morgan fingerprint density at radius 3 is 2.50 bits per heavy atom. The summed E-state index contributed by atoms with van der Waals surface area (Å²) >= 11 is 6.08. The van der Waals surface area contributed by atoms with Gasteiger partial charge in [-0.15, -0.1) is 11.6 Å². The minimum atomic E-state index is 0.119. The van der Waals surface area contributed by atoms with Crippen molar-refractivity contribution in [2.75, 3.05) is 24.9 Å². The van der Waals surface area contributed by atoms with E-state index in [0.717, 1.165) is 25.2 Å². The number of aryl methyl sites for hydroxylation is 1. The zero-order valence-corrected chi connectivity index (χ0v) is 12.3. The standard InChI is InChI=1S/C13H22ClN3O/c1-5-13(6-2,8-14)9-15-11-7-12(18-4)17-10(3)16-11/h7H,5-6,8-9H2,1-4H3,(H,15,16,17). The van der Waals surface area contributed by atoms with Gasteiger partial charge in [0.1, 0.15) is 11.6 Å². The summed E-state index contributed by atoms with van der Waals surface area (Å²) in [6, 6.07) is 1.80. The molecule has 0 radical (unpaired) electrons. The van der Waals surface area contributed by atoms with Gasteiger partial charge in [-0.05, 0) is 19.8 Å². The number of rotatable bonds is 7. The topological polar surface area (TPSA) is 47.0 Å². The van der Waals surface area contributed by atoms with Gasteiger partial charge in [0.2, 0.25) is 5.88 Å². The van der Waals surface area contributed by atoms with Crippen LogP contribution in [0.3, 0.4) is 0 Å². The maximum absolute atomic E-state index is 6.08. The van der Waals surface area contributed by atoms with Crippen LogP contribution in [0.4, 0.5) is 5.82 Å². The average Bonchev–Trinajstić information content (AvgIpc) is 2.40. The lowest BCUT2D eigenvalue weighted by molar-refractivity contribution is 0.326. The Hall–Kier alpha value is -1.03. The second kappa shape index (κ2) is 6.78. The lowest BCUT2D eigenvalue weighted by Crippen LogP contribution is -2.30. The summed E-state index contributed by atoms with van der Waals surface area (Å²) in [5, 5.41) is 3.34. The number of anilines is 1. The van der Waals surface area contributed by atoms with Crippen molar-refractivity contribution >= 4 is 17.4 Å². The van der Waals surface area contributed by atoms with Crippen LogP contribution in [0.5, 0.6) is 5.88 Å². The molecule has 0 spiro atoms. The van der Waals surface area contributed by atoms with E-state index >= 15 is 0 Å². The molecule has 0 fully saturated rings. The molecular weight excluding hydrogens is 250 g/mol. The molecule has 1 rings (SSSR count). The zero-order valence-electron chi connectivity index (χ0n) is 11.6. The number of ether oxygens (including phenoxy) is 1. The molecule has 5 heteroatoms. The molecule has 0 aromatic carbocycles. The molecule has 4 nitrogen and oxygen atoms in total. The van der Waals surface area contributed by atoms with Gasteiger partial charge >= 0.3 is 0 Å². The summed E-state index contributed by atoms with van der Waals surface area (Å²) in [5.41, 5.74) is 0.119. The van der Waals surface area contributed by atoms with Crippen molar-refractivity contribution in [3.05, 3.63) is 11.9 Å². The monoisotopic (exact) mass is 271 g/mol. The molecule has 0 bridgehead atoms. The highest BCUT2D eigenvalue weighted by Crippen LogP contribution is 2.28. The molecular formula is C13H22ClN3O. The van der Waals surface area contributed by atoms with Crippen LogP contribution < -0.4 is 10.1 Å². The number of alkyl halides is 1. The second-order valence-electron chi connectivity index (χ2n) is 4.54. The molecule has 1 N–H and O–H groups in total. The minimum Gasteiger partial charge on any atom is -0.481 e. The van der Waals surface area contributed by atoms with E-state index in [1.165, 1.54) is 0 Å². The summed E-state index contributed by atoms with van der Waals surface area (Å²) in [6.45, 7) is 6.99. The number of hydrogen-bond donors (Lipinski definition) is 1. The summed E-state index contributed by atoms with van der Waals surface area (Å²) in [4.78, 5) is 8.50. The Balaban J connectivity index is 2.76. The van der Waals surface area contributed by atoms with Crippen molar-refractivity contribution < 1.29 is 4.74 Å². The highest BCUT2D eigenvalue weighted by molar-refractivity contribution is 6.18. The fraction of sp³-hybridized carbons (Fsp3) is 0.692. The van der Waals surface area contributed by atoms with Crippen LogP contribution in [0.1, 0.15) is 32.5 Å². The summed E-state index contributed by atoms with van der Waals surface area (Å²) in [6.07, 6.45) is 2.09. The fourth-order valence-electron chi connectivity index (χ4n) is 1.75. The van der Waals surface area contributed by atoms with E-state index in [-0.39, 0.29) is 5.41 Å². The SMILES string of the molecule is CCC(CC)(CCl)CNc1cc(OC)nc(C)n1. The molecule has 1 heterocycles. The third-order valence-corrected chi connectivity index (χ3v) is 4.02. The predicted octanol–water partition coefficient (Wildman–Crippen LogP) is 3.25. The third-order valence-electron chi connectivity index (χ3n) is 3.45. The fourth-order valence-corrected chi connectivity index (χ4v) is 2.22. The molecule has 1 aromatic rings. The van der Waals surface area contributed by atoms with Crippen molar-refractivity contribution in [1.29, 1.82) is 0 Å². The Bertz CT molecular complexity index is 372. The lowest BCUT2D eigenvalue weighted by Gasteiger charge is -2.29. The quantitative estimate of drug-likeness (QED) is 0.774. The Morgan fingerprint density at radius 2 is 2.00 bits per heavy atom. The predicted molar refractivity (Wildman–Crippen MR) is 75.5 cm³/mol. The van der Waals surface area contributed by atoms with Crippen LogP contribution in [0.15, 0.2) is 6.07 Å². The van der Waals surface area contributed by atoms with E-state index < -0.39 is 0 Å². The lowest BCUT2D eigenvalue weighted by atomic mass is 9.84. The van der Waals surface area contributed by atoms with Crippen LogP contribution in [0.2, 0.25) is 0 Å². The zero-order chi connectivity index (χ0) is 13.6. The van der Waals surface area contributed by atoms with Gasteiger partial charge in [-0.2, -0.15) is 4.98 Å². The summed E-state index contributed by atoms with van der Waals surface area (Å²) in [7, 11) is 1.60. The van der Waals surface area contributed by atoms with Gasteiger partial charge in [-0.25, -0.2) is 4.98 Å². The molecule has 0 aliphatic carbocycles. The first-order valence-electron chi connectivity index (χ1n) is 6.28. The number of aromatic nitrogens is 2. The van der Waals surface area contributed by atoms with Gasteiger partial charge in [-0.3, -0.25) is 0 Å². The molecule has 18 heavy (non-hydrogen) atoms. The maximum Gasteiger partial charge on any atom is 0.218 e. The van der Waals surface area contributed by atoms with Gasteiger partial charge in [-0.1, -0.05) is 13.8 Å². The van der Waals surface area contributed by atoms with E-state index in [9.17, 15) is 0 Å². The minimum absolute atomic E-state index is 0.119. The molecule has 0 saturated carbocycles. The van der Waals surface area contributed by atoms with E-state index in [2.05, 4.69) is 29.1 Å². The van der Waals surface area contributed by atoms with Gasteiger partial charge in [0.15, 0.2) is 0 Å². The van der Waals surface area contributed by atoms with Gasteiger partial charge in [0.05, 0.1) is 7.11 Å². The van der Waals surface area contributed by atoms with Crippen molar-refractivity contribution in [3.8, 4) is 5.88 Å². The molecule has 0 saturated heterocycles. The van der Waals surface area contributed by atoms with Crippen molar-refractivity contribution in [3.63, 3.8) is 0 Å². The first kappa shape index (κ1) is 15.0. The average molecular weight is 272 g/mol. The van der Waals surface area contributed by atoms with E-state index in [4.69, 9.17) is 16.3 Å². The normalized spacial score (nSPS) is 11.4.